The minimum atomic E-state index is 0.0954. The van der Waals surface area contributed by atoms with Gasteiger partial charge in [-0.2, -0.15) is 5.26 Å². The van der Waals surface area contributed by atoms with E-state index in [0.717, 1.165) is 22.6 Å². The highest BCUT2D eigenvalue weighted by atomic mass is 32.2. The van der Waals surface area contributed by atoms with Crippen LogP contribution in [-0.2, 0) is 6.54 Å². The van der Waals surface area contributed by atoms with Crippen molar-refractivity contribution < 1.29 is 0 Å². The molecule has 1 aromatic carbocycles. The summed E-state index contributed by atoms with van der Waals surface area (Å²) in [7, 11) is 0. The molecule has 0 aromatic heterocycles. The number of hydrogen-bond acceptors (Lipinski definition) is 3. The van der Waals surface area contributed by atoms with Crippen molar-refractivity contribution in [1.82, 2.24) is 5.32 Å². The number of rotatable bonds is 4. The highest BCUT2D eigenvalue weighted by Crippen LogP contribution is 2.27. The van der Waals surface area contributed by atoms with E-state index in [1.165, 1.54) is 0 Å². The number of hydrogen-bond donors (Lipinski definition) is 1. The standard InChI is InChI=1S/C15H22N2S/c1-11(2)18-14-7-6-12(8-13(14)9-16)10-17-15(3,4)5/h6-8,11,17H,10H2,1-5H3. The van der Waals surface area contributed by atoms with Crippen LogP contribution in [0.4, 0.5) is 0 Å². The lowest BCUT2D eigenvalue weighted by Crippen LogP contribution is -2.35. The predicted octanol–water partition coefficient (Wildman–Crippen LogP) is 3.95. The van der Waals surface area contributed by atoms with E-state index in [0.29, 0.717) is 5.25 Å². The van der Waals surface area contributed by atoms with Crippen LogP contribution in [0.15, 0.2) is 23.1 Å². The molecule has 0 saturated heterocycles. The van der Waals surface area contributed by atoms with Crippen LogP contribution >= 0.6 is 11.8 Å². The first-order valence-electron chi connectivity index (χ1n) is 6.26. The molecular weight excluding hydrogens is 240 g/mol. The van der Waals surface area contributed by atoms with E-state index in [1.54, 1.807) is 11.8 Å². The number of nitriles is 1. The minimum Gasteiger partial charge on any atom is -0.308 e. The molecule has 1 N–H and O–H groups in total. The van der Waals surface area contributed by atoms with E-state index < -0.39 is 0 Å². The number of benzene rings is 1. The van der Waals surface area contributed by atoms with Gasteiger partial charge in [-0.05, 0) is 38.5 Å². The average molecular weight is 262 g/mol. The number of nitrogens with one attached hydrogen (secondary N) is 1. The number of nitrogens with zero attached hydrogens (tertiary/aromatic N) is 1. The molecule has 0 aliphatic carbocycles. The van der Waals surface area contributed by atoms with Crippen LogP contribution in [0.2, 0.25) is 0 Å². The first-order valence-corrected chi connectivity index (χ1v) is 7.14. The van der Waals surface area contributed by atoms with Gasteiger partial charge in [0.15, 0.2) is 0 Å². The molecule has 98 valence electrons. The molecule has 0 amide bonds. The van der Waals surface area contributed by atoms with Gasteiger partial charge in [-0.1, -0.05) is 19.9 Å². The van der Waals surface area contributed by atoms with Crippen molar-refractivity contribution in [2.45, 2.75) is 56.8 Å². The fraction of sp³-hybridized carbons (Fsp3) is 0.533. The molecule has 0 atom stereocenters. The van der Waals surface area contributed by atoms with Crippen LogP contribution in [0.3, 0.4) is 0 Å². The van der Waals surface area contributed by atoms with Crippen LogP contribution in [0.1, 0.15) is 45.7 Å². The first-order chi connectivity index (χ1) is 8.31. The van der Waals surface area contributed by atoms with Gasteiger partial charge in [-0.25, -0.2) is 0 Å². The van der Waals surface area contributed by atoms with Crippen LogP contribution in [0, 0.1) is 11.3 Å². The Morgan fingerprint density at radius 2 is 2.00 bits per heavy atom. The second-order valence-corrected chi connectivity index (χ2v) is 7.33. The zero-order valence-corrected chi connectivity index (χ0v) is 12.7. The maximum atomic E-state index is 9.20. The van der Waals surface area contributed by atoms with Gasteiger partial charge in [0.25, 0.3) is 0 Å². The fourth-order valence-corrected chi connectivity index (χ4v) is 2.38. The Balaban J connectivity index is 2.83. The van der Waals surface area contributed by atoms with Gasteiger partial charge in [0.1, 0.15) is 6.07 Å². The normalized spacial score (nSPS) is 11.6. The molecule has 1 rings (SSSR count). The third-order valence-corrected chi connectivity index (χ3v) is 3.43. The van der Waals surface area contributed by atoms with Crippen molar-refractivity contribution in [2.75, 3.05) is 0 Å². The molecule has 0 saturated carbocycles. The van der Waals surface area contributed by atoms with Gasteiger partial charge in [0.05, 0.1) is 5.56 Å². The second kappa shape index (κ2) is 6.26. The average Bonchev–Trinajstić information content (AvgIpc) is 2.26. The summed E-state index contributed by atoms with van der Waals surface area (Å²) in [6.07, 6.45) is 0. The van der Waals surface area contributed by atoms with Gasteiger partial charge in [0, 0.05) is 22.2 Å². The summed E-state index contributed by atoms with van der Waals surface area (Å²) in [6.45, 7) is 11.5. The molecular formula is C15H22N2S. The summed E-state index contributed by atoms with van der Waals surface area (Å²) < 4.78 is 0. The second-order valence-electron chi connectivity index (χ2n) is 5.71. The van der Waals surface area contributed by atoms with Crippen molar-refractivity contribution in [3.63, 3.8) is 0 Å². The molecule has 18 heavy (non-hydrogen) atoms. The molecule has 2 nitrogen and oxygen atoms in total. The van der Waals surface area contributed by atoms with Crippen LogP contribution in [0.5, 0.6) is 0 Å². The fourth-order valence-electron chi connectivity index (χ4n) is 1.50. The maximum absolute atomic E-state index is 9.20. The molecule has 0 unspecified atom stereocenters. The third kappa shape index (κ3) is 5.12. The Labute approximate surface area is 115 Å². The molecule has 0 fully saturated rings. The Bertz CT molecular complexity index is 439. The highest BCUT2D eigenvalue weighted by molar-refractivity contribution is 8.00. The SMILES string of the molecule is CC(C)Sc1ccc(CNC(C)(C)C)cc1C#N. The van der Waals surface area contributed by atoms with Crippen molar-refractivity contribution >= 4 is 11.8 Å². The first kappa shape index (κ1) is 15.1. The minimum absolute atomic E-state index is 0.0954. The van der Waals surface area contributed by atoms with E-state index in [4.69, 9.17) is 0 Å². The van der Waals surface area contributed by atoms with E-state index >= 15 is 0 Å². The molecule has 0 heterocycles. The topological polar surface area (TPSA) is 35.8 Å². The molecule has 3 heteroatoms. The van der Waals surface area contributed by atoms with Gasteiger partial charge in [0.2, 0.25) is 0 Å². The Hall–Kier alpha value is -0.980. The lowest BCUT2D eigenvalue weighted by molar-refractivity contribution is 0.424. The smallest absolute Gasteiger partial charge is 0.100 e. The molecule has 0 spiro atoms. The Kier molecular flexibility index (Phi) is 5.25. The number of thioether (sulfide) groups is 1. The van der Waals surface area contributed by atoms with Crippen molar-refractivity contribution in [3.05, 3.63) is 29.3 Å². The predicted molar refractivity (Wildman–Crippen MR) is 78.7 cm³/mol. The van der Waals surface area contributed by atoms with E-state index in [2.05, 4.69) is 58.1 Å². The quantitative estimate of drug-likeness (QED) is 0.835. The van der Waals surface area contributed by atoms with Crippen LogP contribution < -0.4 is 5.32 Å². The van der Waals surface area contributed by atoms with Gasteiger partial charge >= 0.3 is 0 Å². The van der Waals surface area contributed by atoms with Crippen molar-refractivity contribution in [3.8, 4) is 6.07 Å². The largest absolute Gasteiger partial charge is 0.308 e. The van der Waals surface area contributed by atoms with Crippen LogP contribution in [-0.4, -0.2) is 10.8 Å². The summed E-state index contributed by atoms with van der Waals surface area (Å²) in [5.41, 5.74) is 2.04. The molecule has 0 aliphatic rings. The molecule has 0 aliphatic heterocycles. The molecule has 0 bridgehead atoms. The molecule has 1 aromatic rings. The van der Waals surface area contributed by atoms with E-state index in [9.17, 15) is 5.26 Å². The monoisotopic (exact) mass is 262 g/mol. The third-order valence-electron chi connectivity index (χ3n) is 2.35. The molecule has 0 radical (unpaired) electrons. The van der Waals surface area contributed by atoms with E-state index in [1.807, 2.05) is 6.07 Å². The summed E-state index contributed by atoms with van der Waals surface area (Å²) >= 11 is 1.74. The summed E-state index contributed by atoms with van der Waals surface area (Å²) in [5, 5.41) is 13.1. The van der Waals surface area contributed by atoms with Gasteiger partial charge in [-0.15, -0.1) is 11.8 Å². The van der Waals surface area contributed by atoms with E-state index in [-0.39, 0.29) is 5.54 Å². The van der Waals surface area contributed by atoms with Gasteiger partial charge in [-0.3, -0.25) is 0 Å². The Morgan fingerprint density at radius 1 is 1.33 bits per heavy atom. The Morgan fingerprint density at radius 3 is 2.50 bits per heavy atom. The van der Waals surface area contributed by atoms with Crippen LogP contribution in [0.25, 0.3) is 0 Å². The zero-order valence-electron chi connectivity index (χ0n) is 11.9. The van der Waals surface area contributed by atoms with Crippen molar-refractivity contribution in [2.24, 2.45) is 0 Å². The summed E-state index contributed by atoms with van der Waals surface area (Å²) in [5.74, 6) is 0. The van der Waals surface area contributed by atoms with Crippen molar-refractivity contribution in [1.29, 1.82) is 5.26 Å². The van der Waals surface area contributed by atoms with Gasteiger partial charge < -0.3 is 5.32 Å². The lowest BCUT2D eigenvalue weighted by Gasteiger charge is -2.20. The highest BCUT2D eigenvalue weighted by Gasteiger charge is 2.10. The summed E-state index contributed by atoms with van der Waals surface area (Å²) in [6, 6.07) is 8.44. The summed E-state index contributed by atoms with van der Waals surface area (Å²) in [4.78, 5) is 1.08. The zero-order chi connectivity index (χ0) is 13.8. The maximum Gasteiger partial charge on any atom is 0.100 e. The lowest BCUT2D eigenvalue weighted by atomic mass is 10.1.